The Bertz CT molecular complexity index is 1130. The molecule has 1 N–H and O–H groups in total. The lowest BCUT2D eigenvalue weighted by Gasteiger charge is -2.22. The molecule has 0 bridgehead atoms. The van der Waals surface area contributed by atoms with Crippen LogP contribution in [-0.2, 0) is 13.1 Å². The van der Waals surface area contributed by atoms with Crippen molar-refractivity contribution in [3.63, 3.8) is 0 Å². The van der Waals surface area contributed by atoms with E-state index in [4.69, 9.17) is 0 Å². The van der Waals surface area contributed by atoms with E-state index in [-0.39, 0.29) is 11.3 Å². The van der Waals surface area contributed by atoms with Gasteiger partial charge in [0.2, 0.25) is 0 Å². The van der Waals surface area contributed by atoms with Gasteiger partial charge in [0.15, 0.2) is 0 Å². The summed E-state index contributed by atoms with van der Waals surface area (Å²) in [6.07, 6.45) is 2.16. The zero-order valence-electron chi connectivity index (χ0n) is 16.7. The number of carbonyl (C=O) groups excluding carboxylic acids is 1. The SMILES string of the molecule is CCn1c(=O)n(CC)c2cc(N3CCCC3)c(NC(=O)c3ccccc3F)cc21. The van der Waals surface area contributed by atoms with Gasteiger partial charge in [-0.3, -0.25) is 13.9 Å². The van der Waals surface area contributed by atoms with Crippen LogP contribution in [0.3, 0.4) is 0 Å². The van der Waals surface area contributed by atoms with Gasteiger partial charge in [0, 0.05) is 26.2 Å². The Hall–Kier alpha value is -3.09. The molecule has 2 heterocycles. The molecule has 6 nitrogen and oxygen atoms in total. The number of nitrogens with one attached hydrogen (secondary N) is 1. The summed E-state index contributed by atoms with van der Waals surface area (Å²) in [5.74, 6) is -1.06. The quantitative estimate of drug-likeness (QED) is 0.713. The van der Waals surface area contributed by atoms with E-state index in [0.717, 1.165) is 42.7 Å². The lowest BCUT2D eigenvalue weighted by molar-refractivity contribution is 0.102. The fourth-order valence-electron chi connectivity index (χ4n) is 4.12. The Morgan fingerprint density at radius 1 is 1.03 bits per heavy atom. The molecule has 7 heteroatoms. The van der Waals surface area contributed by atoms with Crippen LogP contribution in [0.1, 0.15) is 37.0 Å². The van der Waals surface area contributed by atoms with E-state index in [1.54, 1.807) is 21.3 Å². The number of aromatic nitrogens is 2. The molecule has 1 amide bonds. The van der Waals surface area contributed by atoms with E-state index in [0.29, 0.717) is 18.8 Å². The van der Waals surface area contributed by atoms with E-state index < -0.39 is 11.7 Å². The third-order valence-corrected chi connectivity index (χ3v) is 5.58. The predicted octanol–water partition coefficient (Wildman–Crippen LogP) is 3.83. The van der Waals surface area contributed by atoms with Gasteiger partial charge in [0.05, 0.1) is 28.0 Å². The second-order valence-corrected chi connectivity index (χ2v) is 7.26. The molecule has 29 heavy (non-hydrogen) atoms. The van der Waals surface area contributed by atoms with Gasteiger partial charge in [-0.15, -0.1) is 0 Å². The van der Waals surface area contributed by atoms with Gasteiger partial charge in [-0.05, 0) is 51.0 Å². The number of benzene rings is 2. The summed E-state index contributed by atoms with van der Waals surface area (Å²) < 4.78 is 17.5. The third kappa shape index (κ3) is 3.30. The number of nitrogens with zero attached hydrogens (tertiary/aromatic N) is 3. The molecule has 152 valence electrons. The first-order chi connectivity index (χ1) is 14.0. The normalized spacial score (nSPS) is 14.0. The number of imidazole rings is 1. The molecule has 0 radical (unpaired) electrons. The van der Waals surface area contributed by atoms with Gasteiger partial charge in [0.1, 0.15) is 5.82 Å². The van der Waals surface area contributed by atoms with Crippen molar-refractivity contribution in [2.45, 2.75) is 39.8 Å². The van der Waals surface area contributed by atoms with Crippen LogP contribution in [0.25, 0.3) is 11.0 Å². The highest BCUT2D eigenvalue weighted by atomic mass is 19.1. The average Bonchev–Trinajstić information content (AvgIpc) is 3.33. The Labute approximate surface area is 168 Å². The van der Waals surface area contributed by atoms with Crippen LogP contribution in [0.5, 0.6) is 0 Å². The number of anilines is 2. The Morgan fingerprint density at radius 3 is 2.28 bits per heavy atom. The molecular weight excluding hydrogens is 371 g/mol. The van der Waals surface area contributed by atoms with E-state index in [2.05, 4.69) is 10.2 Å². The highest BCUT2D eigenvalue weighted by molar-refractivity contribution is 6.07. The number of halogens is 1. The summed E-state index contributed by atoms with van der Waals surface area (Å²) >= 11 is 0. The number of hydrogen-bond acceptors (Lipinski definition) is 3. The van der Waals surface area contributed by atoms with E-state index in [1.807, 2.05) is 26.0 Å². The minimum absolute atomic E-state index is 0.000945. The maximum atomic E-state index is 14.1. The van der Waals surface area contributed by atoms with Crippen molar-refractivity contribution < 1.29 is 9.18 Å². The van der Waals surface area contributed by atoms with Gasteiger partial charge >= 0.3 is 5.69 Å². The number of amides is 1. The van der Waals surface area contributed by atoms with E-state index in [9.17, 15) is 14.0 Å². The molecule has 3 aromatic rings. The second kappa shape index (κ2) is 7.73. The zero-order chi connectivity index (χ0) is 20.5. The lowest BCUT2D eigenvalue weighted by Crippen LogP contribution is -2.23. The molecule has 1 aliphatic rings. The molecule has 1 aromatic heterocycles. The van der Waals surface area contributed by atoms with Crippen LogP contribution >= 0.6 is 0 Å². The molecule has 2 aromatic carbocycles. The average molecular weight is 396 g/mol. The first-order valence-electron chi connectivity index (χ1n) is 10.1. The molecule has 0 aliphatic carbocycles. The number of rotatable bonds is 5. The van der Waals surface area contributed by atoms with Crippen LogP contribution in [0.4, 0.5) is 15.8 Å². The maximum absolute atomic E-state index is 14.1. The van der Waals surface area contributed by atoms with Gasteiger partial charge in [-0.1, -0.05) is 12.1 Å². The molecule has 1 fully saturated rings. The van der Waals surface area contributed by atoms with Gasteiger partial charge in [-0.2, -0.15) is 0 Å². The highest BCUT2D eigenvalue weighted by Gasteiger charge is 2.22. The standard InChI is InChI=1S/C22H25FN4O2/c1-3-26-19-13-17(24-21(28)15-9-5-6-10-16(15)23)18(25-11-7-8-12-25)14-20(19)27(4-2)22(26)29/h5-6,9-10,13-14H,3-4,7-8,11-12H2,1-2H3,(H,24,28). The van der Waals surface area contributed by atoms with Crippen LogP contribution in [-0.4, -0.2) is 28.1 Å². The van der Waals surface area contributed by atoms with Gasteiger partial charge in [-0.25, -0.2) is 9.18 Å². The van der Waals surface area contributed by atoms with Crippen molar-refractivity contribution in [3.8, 4) is 0 Å². The molecular formula is C22H25FN4O2. The third-order valence-electron chi connectivity index (χ3n) is 5.58. The number of hydrogen-bond donors (Lipinski definition) is 1. The number of carbonyl (C=O) groups is 1. The topological polar surface area (TPSA) is 59.3 Å². The second-order valence-electron chi connectivity index (χ2n) is 7.26. The minimum Gasteiger partial charge on any atom is -0.370 e. The number of aryl methyl sites for hydroxylation is 2. The molecule has 0 unspecified atom stereocenters. The summed E-state index contributed by atoms with van der Waals surface area (Å²) in [7, 11) is 0. The zero-order valence-corrected chi connectivity index (χ0v) is 16.7. The van der Waals surface area contributed by atoms with Crippen molar-refractivity contribution in [2.24, 2.45) is 0 Å². The minimum atomic E-state index is -0.559. The molecule has 4 rings (SSSR count). The van der Waals surface area contributed by atoms with Crippen LogP contribution in [0, 0.1) is 5.82 Å². The smallest absolute Gasteiger partial charge is 0.329 e. The highest BCUT2D eigenvalue weighted by Crippen LogP contribution is 2.34. The fraction of sp³-hybridized carbons (Fsp3) is 0.364. The van der Waals surface area contributed by atoms with Gasteiger partial charge < -0.3 is 10.2 Å². The Morgan fingerprint density at radius 2 is 1.66 bits per heavy atom. The summed E-state index contributed by atoms with van der Waals surface area (Å²) in [5.41, 5.74) is 3.03. The van der Waals surface area contributed by atoms with Crippen molar-refractivity contribution in [3.05, 3.63) is 58.3 Å². The fourth-order valence-corrected chi connectivity index (χ4v) is 4.12. The Balaban J connectivity index is 1.86. The predicted molar refractivity (Wildman–Crippen MR) is 113 cm³/mol. The number of fused-ring (bicyclic) bond motifs is 1. The lowest BCUT2D eigenvalue weighted by atomic mass is 10.1. The van der Waals surface area contributed by atoms with Crippen LogP contribution in [0.15, 0.2) is 41.2 Å². The summed E-state index contributed by atoms with van der Waals surface area (Å²) in [6, 6.07) is 9.76. The van der Waals surface area contributed by atoms with Crippen LogP contribution < -0.4 is 15.9 Å². The van der Waals surface area contributed by atoms with Gasteiger partial charge in [0.25, 0.3) is 5.91 Å². The largest absolute Gasteiger partial charge is 0.370 e. The maximum Gasteiger partial charge on any atom is 0.329 e. The summed E-state index contributed by atoms with van der Waals surface area (Å²) in [6.45, 7) is 6.75. The van der Waals surface area contributed by atoms with Crippen molar-refractivity contribution in [1.82, 2.24) is 9.13 Å². The van der Waals surface area contributed by atoms with E-state index >= 15 is 0 Å². The van der Waals surface area contributed by atoms with Crippen molar-refractivity contribution >= 4 is 28.3 Å². The van der Waals surface area contributed by atoms with Crippen molar-refractivity contribution in [1.29, 1.82) is 0 Å². The monoisotopic (exact) mass is 396 g/mol. The Kier molecular flexibility index (Phi) is 5.13. The van der Waals surface area contributed by atoms with Crippen molar-refractivity contribution in [2.75, 3.05) is 23.3 Å². The molecule has 1 saturated heterocycles. The summed E-state index contributed by atoms with van der Waals surface area (Å²) in [4.78, 5) is 27.7. The van der Waals surface area contributed by atoms with Crippen LogP contribution in [0.2, 0.25) is 0 Å². The summed E-state index contributed by atoms with van der Waals surface area (Å²) in [5, 5.41) is 2.89. The first kappa shape index (κ1) is 19.2. The van der Waals surface area contributed by atoms with E-state index in [1.165, 1.54) is 12.1 Å². The first-order valence-corrected chi connectivity index (χ1v) is 10.1. The molecule has 0 saturated carbocycles. The molecule has 0 spiro atoms. The molecule has 1 aliphatic heterocycles. The molecule has 0 atom stereocenters.